The van der Waals surface area contributed by atoms with Gasteiger partial charge in [0.05, 0.1) is 20.3 Å². The van der Waals surface area contributed by atoms with Crippen LogP contribution in [0.4, 0.5) is 0 Å². The molecule has 0 bridgehead atoms. The third kappa shape index (κ3) is 2.97. The number of aliphatic hydroxyl groups is 1. The predicted octanol–water partition coefficient (Wildman–Crippen LogP) is 0.981. The van der Waals surface area contributed by atoms with E-state index in [0.717, 1.165) is 6.42 Å². The van der Waals surface area contributed by atoms with Crippen LogP contribution in [0.3, 0.4) is 0 Å². The van der Waals surface area contributed by atoms with Crippen molar-refractivity contribution < 1.29 is 29.2 Å². The maximum atomic E-state index is 10.9. The molecule has 6 heteroatoms. The van der Waals surface area contributed by atoms with E-state index >= 15 is 0 Å². The normalized spacial score (nSPS) is 20.0. The molecule has 6 nitrogen and oxygen atoms in total. The van der Waals surface area contributed by atoms with Crippen LogP contribution in [0.5, 0.6) is 11.5 Å². The summed E-state index contributed by atoms with van der Waals surface area (Å²) >= 11 is 0. The molecule has 1 aromatic carbocycles. The van der Waals surface area contributed by atoms with Crippen molar-refractivity contribution in [3.63, 3.8) is 0 Å². The van der Waals surface area contributed by atoms with Crippen molar-refractivity contribution in [2.45, 2.75) is 18.6 Å². The van der Waals surface area contributed by atoms with E-state index in [4.69, 9.17) is 19.3 Å². The molecule has 0 saturated carbocycles. The summed E-state index contributed by atoms with van der Waals surface area (Å²) in [4.78, 5) is 10.9. The van der Waals surface area contributed by atoms with E-state index in [0.29, 0.717) is 19.0 Å². The van der Waals surface area contributed by atoms with Gasteiger partial charge in [-0.2, -0.15) is 0 Å². The zero-order chi connectivity index (χ0) is 13.8. The summed E-state index contributed by atoms with van der Waals surface area (Å²) in [5.74, 6) is -0.681. The first-order chi connectivity index (χ1) is 9.13. The lowest BCUT2D eigenvalue weighted by Crippen LogP contribution is -2.17. The molecule has 0 amide bonds. The van der Waals surface area contributed by atoms with Crippen molar-refractivity contribution in [2.75, 3.05) is 20.3 Å². The van der Waals surface area contributed by atoms with Crippen molar-refractivity contribution in [3.8, 4) is 11.5 Å². The minimum absolute atomic E-state index is 0.0777. The molecule has 2 N–H and O–H groups in total. The molecular weight excluding hydrogens is 252 g/mol. The number of benzene rings is 1. The van der Waals surface area contributed by atoms with E-state index in [1.54, 1.807) is 12.1 Å². The van der Waals surface area contributed by atoms with Crippen LogP contribution < -0.4 is 9.47 Å². The maximum Gasteiger partial charge on any atom is 0.337 e. The van der Waals surface area contributed by atoms with Gasteiger partial charge in [-0.25, -0.2) is 4.79 Å². The van der Waals surface area contributed by atoms with E-state index in [-0.39, 0.29) is 17.4 Å². The van der Waals surface area contributed by atoms with E-state index in [1.165, 1.54) is 13.2 Å². The average molecular weight is 268 g/mol. The first kappa shape index (κ1) is 13.6. The van der Waals surface area contributed by atoms with Gasteiger partial charge in [-0.05, 0) is 6.07 Å². The van der Waals surface area contributed by atoms with Crippen LogP contribution in [0.25, 0.3) is 0 Å². The SMILES string of the molecule is COc1c(OC2CCOC2)cccc1C(O)C(=O)O. The second-order valence-corrected chi connectivity index (χ2v) is 4.22. The summed E-state index contributed by atoms with van der Waals surface area (Å²) in [7, 11) is 1.41. The number of carbonyl (C=O) groups is 1. The van der Waals surface area contributed by atoms with Gasteiger partial charge in [0.25, 0.3) is 0 Å². The van der Waals surface area contributed by atoms with Gasteiger partial charge in [-0.3, -0.25) is 0 Å². The maximum absolute atomic E-state index is 10.9. The highest BCUT2D eigenvalue weighted by atomic mass is 16.6. The van der Waals surface area contributed by atoms with Gasteiger partial charge in [0.15, 0.2) is 17.6 Å². The molecule has 0 spiro atoms. The fourth-order valence-corrected chi connectivity index (χ4v) is 1.98. The summed E-state index contributed by atoms with van der Waals surface area (Å²) in [5, 5.41) is 18.5. The lowest BCUT2D eigenvalue weighted by atomic mass is 10.1. The number of carboxylic acids is 1. The predicted molar refractivity (Wildman–Crippen MR) is 65.4 cm³/mol. The quantitative estimate of drug-likeness (QED) is 0.828. The van der Waals surface area contributed by atoms with Crippen LogP contribution >= 0.6 is 0 Å². The molecular formula is C13H16O6. The van der Waals surface area contributed by atoms with Crippen LogP contribution in [-0.2, 0) is 9.53 Å². The molecule has 19 heavy (non-hydrogen) atoms. The molecule has 1 saturated heterocycles. The van der Waals surface area contributed by atoms with Gasteiger partial charge in [-0.15, -0.1) is 0 Å². The molecule has 1 aliphatic rings. The number of methoxy groups -OCH3 is 1. The highest BCUT2D eigenvalue weighted by Gasteiger charge is 2.25. The Morgan fingerprint density at radius 1 is 1.53 bits per heavy atom. The summed E-state index contributed by atoms with van der Waals surface area (Å²) < 4.78 is 16.1. The molecule has 0 radical (unpaired) electrons. The smallest absolute Gasteiger partial charge is 0.337 e. The lowest BCUT2D eigenvalue weighted by Gasteiger charge is -2.18. The molecule has 2 atom stereocenters. The van der Waals surface area contributed by atoms with Crippen molar-refractivity contribution in [2.24, 2.45) is 0 Å². The minimum Gasteiger partial charge on any atom is -0.492 e. The van der Waals surface area contributed by atoms with E-state index in [1.807, 2.05) is 0 Å². The van der Waals surface area contributed by atoms with E-state index < -0.39 is 12.1 Å². The Morgan fingerprint density at radius 3 is 2.89 bits per heavy atom. The van der Waals surface area contributed by atoms with Crippen LogP contribution in [0.2, 0.25) is 0 Å². The Balaban J connectivity index is 2.27. The van der Waals surface area contributed by atoms with Crippen LogP contribution in [0.1, 0.15) is 18.1 Å². The van der Waals surface area contributed by atoms with Gasteiger partial charge in [-0.1, -0.05) is 12.1 Å². The fourth-order valence-electron chi connectivity index (χ4n) is 1.98. The Hall–Kier alpha value is -1.79. The second-order valence-electron chi connectivity index (χ2n) is 4.22. The van der Waals surface area contributed by atoms with Crippen molar-refractivity contribution in [3.05, 3.63) is 23.8 Å². The highest BCUT2D eigenvalue weighted by molar-refractivity contribution is 5.75. The van der Waals surface area contributed by atoms with Gasteiger partial charge in [0, 0.05) is 12.0 Å². The van der Waals surface area contributed by atoms with Gasteiger partial charge >= 0.3 is 5.97 Å². The number of hydrogen-bond acceptors (Lipinski definition) is 5. The standard InChI is InChI=1S/C13H16O6/c1-17-12-9(11(14)13(15)16)3-2-4-10(12)19-8-5-6-18-7-8/h2-4,8,11,14H,5-7H2,1H3,(H,15,16). The molecule has 0 aliphatic carbocycles. The van der Waals surface area contributed by atoms with Gasteiger partial charge < -0.3 is 24.4 Å². The highest BCUT2D eigenvalue weighted by Crippen LogP contribution is 2.36. The number of ether oxygens (including phenoxy) is 3. The van der Waals surface area contributed by atoms with Crippen molar-refractivity contribution >= 4 is 5.97 Å². The summed E-state index contributed by atoms with van der Waals surface area (Å²) in [6.45, 7) is 1.14. The fraction of sp³-hybridized carbons (Fsp3) is 0.462. The molecule has 2 unspecified atom stereocenters. The number of hydrogen-bond donors (Lipinski definition) is 2. The zero-order valence-electron chi connectivity index (χ0n) is 10.5. The number of aliphatic carboxylic acids is 1. The van der Waals surface area contributed by atoms with E-state index in [9.17, 15) is 9.90 Å². The van der Waals surface area contributed by atoms with Crippen molar-refractivity contribution in [1.82, 2.24) is 0 Å². The Kier molecular flexibility index (Phi) is 4.24. The third-order valence-electron chi connectivity index (χ3n) is 2.92. The largest absolute Gasteiger partial charge is 0.492 e. The minimum atomic E-state index is -1.64. The van der Waals surface area contributed by atoms with Crippen LogP contribution in [0, 0.1) is 0 Å². The molecule has 1 heterocycles. The first-order valence-electron chi connectivity index (χ1n) is 5.95. The monoisotopic (exact) mass is 268 g/mol. The number of aliphatic hydroxyl groups excluding tert-OH is 1. The molecule has 1 aromatic rings. The average Bonchev–Trinajstić information content (AvgIpc) is 2.90. The zero-order valence-corrected chi connectivity index (χ0v) is 10.5. The third-order valence-corrected chi connectivity index (χ3v) is 2.92. The summed E-state index contributed by atoms with van der Waals surface area (Å²) in [6.07, 6.45) is -0.945. The van der Waals surface area contributed by atoms with Crippen molar-refractivity contribution in [1.29, 1.82) is 0 Å². The number of carboxylic acid groups (broad SMARTS) is 1. The number of rotatable bonds is 5. The molecule has 104 valence electrons. The Labute approximate surface area is 110 Å². The summed E-state index contributed by atoms with van der Waals surface area (Å²) in [5.41, 5.74) is 0.173. The topological polar surface area (TPSA) is 85.2 Å². The van der Waals surface area contributed by atoms with E-state index in [2.05, 4.69) is 0 Å². The second kappa shape index (κ2) is 5.90. The molecule has 2 rings (SSSR count). The van der Waals surface area contributed by atoms with Crippen LogP contribution in [-0.4, -0.2) is 42.6 Å². The van der Waals surface area contributed by atoms with Gasteiger partial charge in [0.1, 0.15) is 6.10 Å². The molecule has 1 fully saturated rings. The molecule has 0 aromatic heterocycles. The first-order valence-corrected chi connectivity index (χ1v) is 5.95. The van der Waals surface area contributed by atoms with Crippen LogP contribution in [0.15, 0.2) is 18.2 Å². The van der Waals surface area contributed by atoms with Gasteiger partial charge in [0.2, 0.25) is 0 Å². The number of para-hydroxylation sites is 1. The Morgan fingerprint density at radius 2 is 2.32 bits per heavy atom. The Bertz CT molecular complexity index is 452. The molecule has 1 aliphatic heterocycles. The lowest BCUT2D eigenvalue weighted by molar-refractivity contribution is -0.147. The summed E-state index contributed by atoms with van der Waals surface area (Å²) in [6, 6.07) is 4.79.